The van der Waals surface area contributed by atoms with Crippen LogP contribution in [0.1, 0.15) is 25.0 Å². The average molecular weight is 411 g/mol. The largest absolute Gasteiger partial charge is 0.340 e. The van der Waals surface area contributed by atoms with Gasteiger partial charge in [-0.05, 0) is 18.4 Å². The minimum Gasteiger partial charge on any atom is -0.340 e. The van der Waals surface area contributed by atoms with Gasteiger partial charge in [0.2, 0.25) is 5.95 Å². The molecule has 1 aliphatic rings. The van der Waals surface area contributed by atoms with E-state index in [0.717, 1.165) is 38.7 Å². The molecule has 0 saturated carbocycles. The molecule has 2 aromatic heterocycles. The Labute approximate surface area is 175 Å². The molecule has 3 aromatic rings. The van der Waals surface area contributed by atoms with Gasteiger partial charge < -0.3 is 9.47 Å². The van der Waals surface area contributed by atoms with Crippen LogP contribution in [0.5, 0.6) is 0 Å². The van der Waals surface area contributed by atoms with Gasteiger partial charge in [0.1, 0.15) is 0 Å². The van der Waals surface area contributed by atoms with E-state index in [4.69, 9.17) is 4.98 Å². The third kappa shape index (κ3) is 3.92. The summed E-state index contributed by atoms with van der Waals surface area (Å²) in [4.78, 5) is 36.5. The van der Waals surface area contributed by atoms with E-state index < -0.39 is 5.69 Å². The smallest absolute Gasteiger partial charge is 0.329 e. The molecule has 0 bridgehead atoms. The van der Waals surface area contributed by atoms with Crippen molar-refractivity contribution in [1.82, 2.24) is 24.0 Å². The molecule has 0 radical (unpaired) electrons. The van der Waals surface area contributed by atoms with Crippen molar-refractivity contribution in [1.29, 1.82) is 0 Å². The van der Waals surface area contributed by atoms with Crippen molar-refractivity contribution < 1.29 is 0 Å². The number of nitrogens with one attached hydrogen (secondary N) is 1. The van der Waals surface area contributed by atoms with Gasteiger partial charge in [-0.15, -0.1) is 0 Å². The fourth-order valence-corrected chi connectivity index (χ4v) is 4.18. The second-order valence-corrected chi connectivity index (χ2v) is 8.66. The first-order valence-electron chi connectivity index (χ1n) is 10.6. The molecule has 3 heterocycles. The van der Waals surface area contributed by atoms with E-state index in [9.17, 15) is 9.59 Å². The summed E-state index contributed by atoms with van der Waals surface area (Å²) >= 11 is 0. The summed E-state index contributed by atoms with van der Waals surface area (Å²) in [5.41, 5.74) is 2.73. The van der Waals surface area contributed by atoms with E-state index in [1.807, 2.05) is 4.57 Å². The molecule has 1 fully saturated rings. The Balaban J connectivity index is 1.60. The van der Waals surface area contributed by atoms with Crippen LogP contribution in [0.2, 0.25) is 0 Å². The Kier molecular flexibility index (Phi) is 5.51. The molecule has 0 amide bonds. The molecule has 0 spiro atoms. The van der Waals surface area contributed by atoms with Crippen molar-refractivity contribution >= 4 is 17.1 Å². The second kappa shape index (κ2) is 8.10. The van der Waals surface area contributed by atoms with Gasteiger partial charge >= 0.3 is 5.69 Å². The molecule has 160 valence electrons. The van der Waals surface area contributed by atoms with E-state index in [2.05, 4.69) is 59.8 Å². The van der Waals surface area contributed by atoms with Crippen LogP contribution in [0.15, 0.2) is 33.9 Å². The molecular weight excluding hydrogens is 380 g/mol. The fourth-order valence-electron chi connectivity index (χ4n) is 4.18. The molecule has 1 N–H and O–H groups in total. The van der Waals surface area contributed by atoms with Crippen LogP contribution in [0.4, 0.5) is 5.95 Å². The Bertz CT molecular complexity index is 1160. The van der Waals surface area contributed by atoms with Crippen LogP contribution in [0.3, 0.4) is 0 Å². The van der Waals surface area contributed by atoms with E-state index >= 15 is 0 Å². The second-order valence-electron chi connectivity index (χ2n) is 8.66. The van der Waals surface area contributed by atoms with Crippen molar-refractivity contribution in [2.24, 2.45) is 13.0 Å². The number of H-pyrrole nitrogens is 1. The first kappa shape index (κ1) is 20.4. The van der Waals surface area contributed by atoms with Gasteiger partial charge in [0, 0.05) is 46.3 Å². The van der Waals surface area contributed by atoms with E-state index in [0.29, 0.717) is 23.6 Å². The Hall–Kier alpha value is -2.87. The summed E-state index contributed by atoms with van der Waals surface area (Å²) in [6.07, 6.45) is 0. The lowest BCUT2D eigenvalue weighted by atomic mass is 10.1. The highest BCUT2D eigenvalue weighted by Crippen LogP contribution is 2.22. The van der Waals surface area contributed by atoms with Gasteiger partial charge in [-0.2, -0.15) is 4.98 Å². The molecule has 1 saturated heterocycles. The summed E-state index contributed by atoms with van der Waals surface area (Å²) < 4.78 is 3.40. The lowest BCUT2D eigenvalue weighted by Gasteiger charge is -2.35. The van der Waals surface area contributed by atoms with Gasteiger partial charge in [0.25, 0.3) is 5.56 Å². The fraction of sp³-hybridized carbons (Fsp3) is 0.500. The maximum Gasteiger partial charge on any atom is 0.329 e. The molecule has 0 atom stereocenters. The zero-order chi connectivity index (χ0) is 21.4. The number of aromatic amines is 1. The quantitative estimate of drug-likeness (QED) is 0.693. The number of aryl methyl sites for hydroxylation is 2. The van der Waals surface area contributed by atoms with Crippen molar-refractivity contribution in [3.63, 3.8) is 0 Å². The first-order chi connectivity index (χ1) is 14.3. The summed E-state index contributed by atoms with van der Waals surface area (Å²) in [5, 5.41) is 0. The Morgan fingerprint density at radius 2 is 1.87 bits per heavy atom. The highest BCUT2D eigenvalue weighted by molar-refractivity contribution is 5.74. The third-order valence-corrected chi connectivity index (χ3v) is 5.68. The molecule has 4 rings (SSSR count). The third-order valence-electron chi connectivity index (χ3n) is 5.68. The lowest BCUT2D eigenvalue weighted by Crippen LogP contribution is -2.47. The van der Waals surface area contributed by atoms with Crippen LogP contribution >= 0.6 is 0 Å². The Morgan fingerprint density at radius 3 is 2.53 bits per heavy atom. The van der Waals surface area contributed by atoms with Crippen molar-refractivity contribution in [2.75, 3.05) is 31.1 Å². The standard InChI is InChI=1S/C22H30N6O2/c1-15(2)13-28-18-19(25(4)22(30)24-20(18)29)23-21(28)27-10-8-26(9-11-27)14-17-7-5-6-16(3)12-17/h5-7,12,15H,8-11,13-14H2,1-4H3,(H,24,29,30). The maximum atomic E-state index is 12.6. The monoisotopic (exact) mass is 410 g/mol. The SMILES string of the molecule is Cc1cccc(CN2CCN(c3nc4c(c(=O)[nH]c(=O)n4C)n3CC(C)C)CC2)c1. The molecule has 8 heteroatoms. The van der Waals surface area contributed by atoms with Crippen LogP contribution in [0.25, 0.3) is 11.2 Å². The lowest BCUT2D eigenvalue weighted by molar-refractivity contribution is 0.248. The number of hydrogen-bond donors (Lipinski definition) is 1. The predicted octanol–water partition coefficient (Wildman–Crippen LogP) is 1.71. The molecule has 0 unspecified atom stereocenters. The number of piperazine rings is 1. The molecule has 8 nitrogen and oxygen atoms in total. The minimum absolute atomic E-state index is 0.348. The van der Waals surface area contributed by atoms with E-state index in [1.54, 1.807) is 7.05 Å². The number of aromatic nitrogens is 4. The summed E-state index contributed by atoms with van der Waals surface area (Å²) in [5.74, 6) is 1.13. The summed E-state index contributed by atoms with van der Waals surface area (Å²) in [6.45, 7) is 11.5. The number of hydrogen-bond acceptors (Lipinski definition) is 5. The van der Waals surface area contributed by atoms with Crippen molar-refractivity contribution in [2.45, 2.75) is 33.9 Å². The first-order valence-corrected chi connectivity index (χ1v) is 10.6. The zero-order valence-electron chi connectivity index (χ0n) is 18.2. The van der Waals surface area contributed by atoms with Crippen LogP contribution in [-0.4, -0.2) is 50.2 Å². The predicted molar refractivity (Wildman–Crippen MR) is 119 cm³/mol. The molecule has 30 heavy (non-hydrogen) atoms. The summed E-state index contributed by atoms with van der Waals surface area (Å²) in [6, 6.07) is 8.64. The highest BCUT2D eigenvalue weighted by atomic mass is 16.2. The van der Waals surface area contributed by atoms with Gasteiger partial charge in [-0.1, -0.05) is 43.7 Å². The minimum atomic E-state index is -0.434. The summed E-state index contributed by atoms with van der Waals surface area (Å²) in [7, 11) is 1.65. The van der Waals surface area contributed by atoms with Gasteiger partial charge in [0.15, 0.2) is 11.2 Å². The number of benzene rings is 1. The van der Waals surface area contributed by atoms with Gasteiger partial charge in [0.05, 0.1) is 0 Å². The van der Waals surface area contributed by atoms with Crippen LogP contribution in [0, 0.1) is 12.8 Å². The molecule has 0 aliphatic carbocycles. The molecule has 1 aromatic carbocycles. The average Bonchev–Trinajstić information content (AvgIpc) is 3.06. The normalized spacial score (nSPS) is 15.4. The Morgan fingerprint density at radius 1 is 1.13 bits per heavy atom. The maximum absolute atomic E-state index is 12.6. The van der Waals surface area contributed by atoms with E-state index in [-0.39, 0.29) is 5.56 Å². The number of nitrogens with zero attached hydrogens (tertiary/aromatic N) is 5. The van der Waals surface area contributed by atoms with Crippen molar-refractivity contribution in [3.05, 3.63) is 56.2 Å². The van der Waals surface area contributed by atoms with Crippen LogP contribution in [-0.2, 0) is 20.1 Å². The van der Waals surface area contributed by atoms with Gasteiger partial charge in [-0.3, -0.25) is 19.2 Å². The number of anilines is 1. The van der Waals surface area contributed by atoms with Crippen LogP contribution < -0.4 is 16.1 Å². The van der Waals surface area contributed by atoms with Crippen molar-refractivity contribution in [3.8, 4) is 0 Å². The molecular formula is C22H30N6O2. The number of fused-ring (bicyclic) bond motifs is 1. The number of rotatable bonds is 5. The highest BCUT2D eigenvalue weighted by Gasteiger charge is 2.25. The number of imidazole rings is 1. The van der Waals surface area contributed by atoms with Gasteiger partial charge in [-0.25, -0.2) is 4.79 Å². The molecule has 1 aliphatic heterocycles. The topological polar surface area (TPSA) is 79.2 Å². The zero-order valence-corrected chi connectivity index (χ0v) is 18.2. The van der Waals surface area contributed by atoms with E-state index in [1.165, 1.54) is 15.7 Å².